The first-order valence-electron chi connectivity index (χ1n) is 27.0. The van der Waals surface area contributed by atoms with Crippen molar-refractivity contribution in [2.24, 2.45) is 0 Å². The van der Waals surface area contributed by atoms with Gasteiger partial charge in [0.2, 0.25) is 35.4 Å². The molecule has 0 radical (unpaired) electrons. The summed E-state index contributed by atoms with van der Waals surface area (Å²) in [6, 6.07) is 23.5. The number of nitrogens with zero attached hydrogens (tertiary/aromatic N) is 6. The summed E-state index contributed by atoms with van der Waals surface area (Å²) in [5.74, 6) is -5.94. The summed E-state index contributed by atoms with van der Waals surface area (Å²) in [7, 11) is 4.22. The number of carbonyl (C=O) groups is 7. The molecule has 1 saturated heterocycles. The molecule has 21 nitrogen and oxygen atoms in total. The molecule has 440 valence electrons. The summed E-state index contributed by atoms with van der Waals surface area (Å²) >= 11 is 0. The Balaban J connectivity index is 0.835. The quantitative estimate of drug-likeness (QED) is 0.0173. The smallest absolute Gasteiger partial charge is 0.306 e. The van der Waals surface area contributed by atoms with E-state index in [0.717, 1.165) is 55.6 Å². The van der Waals surface area contributed by atoms with Crippen LogP contribution < -0.4 is 37.1 Å². The van der Waals surface area contributed by atoms with Gasteiger partial charge in [0.05, 0.1) is 55.4 Å². The molecule has 1 unspecified atom stereocenters. The predicted octanol–water partition coefficient (Wildman–Crippen LogP) is 6.18. The first kappa shape index (κ1) is 62.8. The van der Waals surface area contributed by atoms with Gasteiger partial charge in [-0.3, -0.25) is 48.5 Å². The lowest BCUT2D eigenvalue weighted by molar-refractivity contribution is -0.145. The average Bonchev–Trinajstić information content (AvgIpc) is 2.12. The van der Waals surface area contributed by atoms with Crippen molar-refractivity contribution in [3.63, 3.8) is 0 Å². The summed E-state index contributed by atoms with van der Waals surface area (Å²) in [5.41, 5.74) is 14.0. The van der Waals surface area contributed by atoms with Crippen LogP contribution in [0.25, 0.3) is 33.2 Å². The van der Waals surface area contributed by atoms with Crippen LogP contribution in [0.15, 0.2) is 104 Å². The summed E-state index contributed by atoms with van der Waals surface area (Å²) in [6.07, 6.45) is 7.43. The number of amides is 6. The van der Waals surface area contributed by atoms with Crippen LogP contribution in [-0.4, -0.2) is 129 Å². The van der Waals surface area contributed by atoms with Crippen molar-refractivity contribution in [3.8, 4) is 34.2 Å². The number of benzene rings is 2. The first-order chi connectivity index (χ1) is 40.5. The minimum atomic E-state index is -3.21. The number of nitrogens with one attached hydrogen (secondary N) is 5. The van der Waals surface area contributed by atoms with Crippen LogP contribution >= 0.6 is 21.6 Å². The summed E-state index contributed by atoms with van der Waals surface area (Å²) in [6.45, 7) is 0.572. The molecule has 6 aromatic rings. The van der Waals surface area contributed by atoms with Crippen LogP contribution in [0.2, 0.25) is 0 Å². The standard InChI is InChI=1S/C59H64F2N12O9S2/c1-37-8-10-38(11-9-37)5-3-6-51(74)66-22-23-67-57(80)50(72-53(76)17-16-52(75)69-32-44-25-40(18-20-64-44)56(79)70-33-54(77)73-36-59(60,61)28-45(73)29-62)35-84-83-24-4-7-55(78)82-34-43-14-12-41(30-68-43)46-19-21-65-49-15-13-39(26-47(46)49)42-27-48(63)58(81-2)71-31-42/h8-15,18-21,25-27,30-31,45,50H,3-7,16-17,22-24,28,32-36,63H2,1-2H3,(H,66,74)(H,67,80)(H,69,75)(H,70,79)(H,72,76)/t45-,50?/m0/s1. The lowest BCUT2D eigenvalue weighted by Crippen LogP contribution is -2.49. The maximum atomic E-state index is 13.8. The number of nitriles is 1. The van der Waals surface area contributed by atoms with E-state index in [9.17, 15) is 47.6 Å². The molecule has 25 heteroatoms. The van der Waals surface area contributed by atoms with E-state index < -0.39 is 73.0 Å². The second-order valence-corrected chi connectivity index (χ2v) is 22.3. The number of nitrogens with two attached hydrogens (primary N) is 1. The zero-order valence-electron chi connectivity index (χ0n) is 46.3. The molecule has 2 atom stereocenters. The van der Waals surface area contributed by atoms with Gasteiger partial charge in [0.1, 0.15) is 18.7 Å². The Bertz CT molecular complexity index is 3350. The van der Waals surface area contributed by atoms with Crippen LogP contribution in [0.3, 0.4) is 0 Å². The molecule has 2 aromatic carbocycles. The highest BCUT2D eigenvalue weighted by Gasteiger charge is 2.47. The van der Waals surface area contributed by atoms with Gasteiger partial charge in [-0.1, -0.05) is 63.5 Å². The average molecular weight is 1190 g/mol. The van der Waals surface area contributed by atoms with Gasteiger partial charge in [-0.2, -0.15) is 5.26 Å². The first-order valence-corrected chi connectivity index (χ1v) is 29.5. The van der Waals surface area contributed by atoms with Crippen molar-refractivity contribution in [2.75, 3.05) is 50.5 Å². The Hall–Kier alpha value is -8.76. The van der Waals surface area contributed by atoms with E-state index in [1.807, 2.05) is 61.5 Å². The number of likely N-dealkylation sites (tertiary alicyclic amines) is 1. The molecule has 1 fully saturated rings. The Morgan fingerprint density at radius 1 is 0.786 bits per heavy atom. The molecule has 1 aliphatic heterocycles. The van der Waals surface area contributed by atoms with Crippen LogP contribution in [-0.2, 0) is 53.1 Å². The van der Waals surface area contributed by atoms with Crippen LogP contribution in [0.1, 0.15) is 77.8 Å². The molecule has 7 rings (SSSR count). The molecular weight excluding hydrogens is 1120 g/mol. The normalized spacial score (nSPS) is 13.7. The minimum Gasteiger partial charge on any atom is -0.480 e. The van der Waals surface area contributed by atoms with Crippen LogP contribution in [0, 0.1) is 18.3 Å². The van der Waals surface area contributed by atoms with E-state index in [-0.39, 0.29) is 68.4 Å². The highest BCUT2D eigenvalue weighted by Crippen LogP contribution is 2.34. The number of carbonyl (C=O) groups excluding carboxylic acids is 7. The highest BCUT2D eigenvalue weighted by molar-refractivity contribution is 8.76. The number of methoxy groups -OCH3 is 1. The van der Waals surface area contributed by atoms with Crippen LogP contribution in [0.5, 0.6) is 5.88 Å². The molecule has 6 amide bonds. The predicted molar refractivity (Wildman–Crippen MR) is 314 cm³/mol. The van der Waals surface area contributed by atoms with Crippen molar-refractivity contribution >= 4 is 79.6 Å². The van der Waals surface area contributed by atoms with Crippen LogP contribution in [0.4, 0.5) is 14.5 Å². The molecule has 1 aliphatic rings. The summed E-state index contributed by atoms with van der Waals surface area (Å²) in [4.78, 5) is 108. The number of rotatable bonds is 29. The zero-order valence-corrected chi connectivity index (χ0v) is 47.9. The third-order valence-corrected chi connectivity index (χ3v) is 15.7. The highest BCUT2D eigenvalue weighted by atomic mass is 33.1. The van der Waals surface area contributed by atoms with Gasteiger partial charge in [0.15, 0.2) is 0 Å². The van der Waals surface area contributed by atoms with Crippen molar-refractivity contribution in [2.45, 2.75) is 89.4 Å². The molecular formula is C59H64F2N12O9S2. The monoisotopic (exact) mass is 1190 g/mol. The van der Waals surface area contributed by atoms with E-state index in [0.29, 0.717) is 42.3 Å². The van der Waals surface area contributed by atoms with Gasteiger partial charge in [-0.05, 0) is 85.3 Å². The zero-order chi connectivity index (χ0) is 60.0. The fourth-order valence-electron chi connectivity index (χ4n) is 8.75. The summed E-state index contributed by atoms with van der Waals surface area (Å²) < 4.78 is 38.4. The number of hydrogen-bond acceptors (Lipinski definition) is 17. The largest absolute Gasteiger partial charge is 0.480 e. The van der Waals surface area contributed by atoms with E-state index in [1.165, 1.54) is 47.0 Å². The number of fused-ring (bicyclic) bond motifs is 1. The Morgan fingerprint density at radius 2 is 1.54 bits per heavy atom. The Morgan fingerprint density at radius 3 is 2.30 bits per heavy atom. The number of hydrogen-bond donors (Lipinski definition) is 6. The molecule has 0 aliphatic carbocycles. The van der Waals surface area contributed by atoms with Gasteiger partial charge in [-0.25, -0.2) is 13.8 Å². The van der Waals surface area contributed by atoms with Gasteiger partial charge in [0, 0.05) is 104 Å². The minimum absolute atomic E-state index is 0.0239. The molecule has 0 spiro atoms. The fourth-order valence-corrected chi connectivity index (χ4v) is 11.0. The summed E-state index contributed by atoms with van der Waals surface area (Å²) in [5, 5.41) is 23.3. The maximum Gasteiger partial charge on any atom is 0.306 e. The maximum absolute atomic E-state index is 13.8. The third-order valence-electron chi connectivity index (χ3n) is 13.2. The molecule has 0 bridgehead atoms. The topological polar surface area (TPSA) is 303 Å². The van der Waals surface area contributed by atoms with E-state index in [1.54, 1.807) is 36.8 Å². The van der Waals surface area contributed by atoms with Gasteiger partial charge in [-0.15, -0.1) is 0 Å². The second kappa shape index (κ2) is 31.1. The number of aromatic nitrogens is 4. The fraction of sp³-hybridized carbons (Fsp3) is 0.356. The molecule has 84 heavy (non-hydrogen) atoms. The number of nitrogen functional groups attached to an aromatic ring is 1. The second-order valence-electron chi connectivity index (χ2n) is 19.6. The third kappa shape index (κ3) is 19.2. The SMILES string of the molecule is COc1ncc(-c2ccc3nccc(-c4ccc(COC(=O)CCCSSCC(NC(=O)CCC(=O)NCc5cc(C(=O)NCC(=O)N6CC(F)(F)C[C@H]6C#N)ccn5)C(=O)NCCNC(=O)CCCc5ccc(C)cc5)nc4)c3c2)cc1N. The Labute approximate surface area is 491 Å². The molecule has 4 aromatic heterocycles. The van der Waals surface area contributed by atoms with Gasteiger partial charge >= 0.3 is 5.97 Å². The number of halogens is 2. The number of aryl methyl sites for hydroxylation is 2. The Kier molecular flexibility index (Phi) is 23.2. The lowest BCUT2D eigenvalue weighted by atomic mass is 9.98. The number of esters is 1. The number of ether oxygens (including phenoxy) is 2. The molecule has 0 saturated carbocycles. The van der Waals surface area contributed by atoms with Crippen molar-refractivity contribution < 1.29 is 51.8 Å². The van der Waals surface area contributed by atoms with E-state index >= 15 is 0 Å². The van der Waals surface area contributed by atoms with E-state index in [2.05, 4.69) is 46.5 Å². The molecule has 7 N–H and O–H groups in total. The number of pyridine rings is 4. The van der Waals surface area contributed by atoms with E-state index in [4.69, 9.17) is 15.2 Å². The molecule has 5 heterocycles. The number of anilines is 1. The van der Waals surface area contributed by atoms with Crippen molar-refractivity contribution in [1.29, 1.82) is 5.26 Å². The van der Waals surface area contributed by atoms with Crippen molar-refractivity contribution in [3.05, 3.63) is 132 Å². The number of alkyl halides is 2. The van der Waals surface area contributed by atoms with Gasteiger partial charge in [0.25, 0.3) is 11.8 Å². The van der Waals surface area contributed by atoms with Crippen molar-refractivity contribution in [1.82, 2.24) is 51.4 Å². The van der Waals surface area contributed by atoms with Gasteiger partial charge < -0.3 is 46.7 Å². The lowest BCUT2D eigenvalue weighted by Gasteiger charge is -2.19.